The molecule has 2 aliphatic heterocycles. The van der Waals surface area contributed by atoms with E-state index in [-0.39, 0.29) is 24.0 Å². The van der Waals surface area contributed by atoms with Crippen LogP contribution < -0.4 is 0 Å². The van der Waals surface area contributed by atoms with Crippen LogP contribution in [0.4, 0.5) is 0 Å². The second kappa shape index (κ2) is 6.19. The molecule has 2 saturated heterocycles. The predicted octanol–water partition coefficient (Wildman–Crippen LogP) is 1.93. The van der Waals surface area contributed by atoms with Gasteiger partial charge in [0.2, 0.25) is 0 Å². The third-order valence-corrected chi connectivity index (χ3v) is 8.51. The molecule has 1 spiro atoms. The first-order valence-electron chi connectivity index (χ1n) is 10.6. The molecule has 0 aromatic heterocycles. The SMILES string of the molecule is COC1=C2OC3C(O)C(C=O)(CO)C[C@H]4[C@H]5CC(=C2[C@@]34CCN5C)CC1=C(C)C. The maximum atomic E-state index is 12.1. The Morgan fingerprint density at radius 2 is 2.17 bits per heavy atom. The van der Waals surface area contributed by atoms with Crippen LogP contribution in [-0.4, -0.2) is 67.0 Å². The van der Waals surface area contributed by atoms with Crippen molar-refractivity contribution >= 4 is 6.29 Å². The molecule has 2 heterocycles. The molecule has 6 atom stereocenters. The average molecular weight is 402 g/mol. The quantitative estimate of drug-likeness (QED) is 0.704. The monoisotopic (exact) mass is 401 g/mol. The molecular weight excluding hydrogens is 370 g/mol. The molecule has 29 heavy (non-hydrogen) atoms. The second-order valence-corrected chi connectivity index (χ2v) is 9.84. The summed E-state index contributed by atoms with van der Waals surface area (Å²) in [6, 6.07) is 0.286. The van der Waals surface area contributed by atoms with Crippen LogP contribution in [0.3, 0.4) is 0 Å². The molecule has 3 fully saturated rings. The fourth-order valence-electron chi connectivity index (χ4n) is 7.00. The van der Waals surface area contributed by atoms with Crippen LogP contribution in [0, 0.1) is 16.7 Å². The van der Waals surface area contributed by atoms with Gasteiger partial charge in [0.25, 0.3) is 0 Å². The zero-order valence-electron chi connectivity index (χ0n) is 17.7. The molecule has 5 rings (SSSR count). The van der Waals surface area contributed by atoms with Crippen molar-refractivity contribution in [3.8, 4) is 0 Å². The van der Waals surface area contributed by atoms with Crippen molar-refractivity contribution in [2.24, 2.45) is 16.7 Å². The van der Waals surface area contributed by atoms with Crippen molar-refractivity contribution in [1.82, 2.24) is 4.90 Å². The molecule has 0 amide bonds. The van der Waals surface area contributed by atoms with E-state index in [0.29, 0.717) is 6.42 Å². The summed E-state index contributed by atoms with van der Waals surface area (Å²) in [4.78, 5) is 14.5. The van der Waals surface area contributed by atoms with Crippen molar-refractivity contribution in [2.45, 2.75) is 57.8 Å². The van der Waals surface area contributed by atoms with Crippen molar-refractivity contribution in [3.05, 3.63) is 33.8 Å². The molecule has 2 N–H and O–H groups in total. The van der Waals surface area contributed by atoms with Gasteiger partial charge < -0.3 is 29.4 Å². The standard InChI is InChI=1S/C23H31NO5/c1-12(2)14-7-13-8-16-15-9-22(10-25,11-26)20(27)21-23(15,5-6-24(16)3)17(13)19(29-21)18(14)28-4/h10,15-16,20-21,26-27H,5-9,11H2,1-4H3/t15-,16+,20?,21?,22?,23-/m0/s1. The molecule has 0 aromatic rings. The number of nitrogens with zero attached hydrogens (tertiary/aromatic N) is 1. The molecular formula is C23H31NO5. The summed E-state index contributed by atoms with van der Waals surface area (Å²) in [5.41, 5.74) is 3.51. The van der Waals surface area contributed by atoms with Crippen LogP contribution in [-0.2, 0) is 14.3 Å². The molecule has 3 unspecified atom stereocenters. The lowest BCUT2D eigenvalue weighted by molar-refractivity contribution is -0.193. The average Bonchev–Trinajstić information content (AvgIpc) is 3.06. The Kier molecular flexibility index (Phi) is 4.13. The third kappa shape index (κ3) is 2.15. The number of aliphatic hydroxyl groups excluding tert-OH is 2. The highest BCUT2D eigenvalue weighted by atomic mass is 16.5. The number of carbonyl (C=O) groups is 1. The van der Waals surface area contributed by atoms with E-state index in [9.17, 15) is 15.0 Å². The molecule has 0 aromatic carbocycles. The van der Waals surface area contributed by atoms with Crippen molar-refractivity contribution in [1.29, 1.82) is 0 Å². The van der Waals surface area contributed by atoms with Gasteiger partial charge in [0.1, 0.15) is 18.5 Å². The van der Waals surface area contributed by atoms with Crippen molar-refractivity contribution < 1.29 is 24.5 Å². The minimum atomic E-state index is -1.17. The topological polar surface area (TPSA) is 79.2 Å². The van der Waals surface area contributed by atoms with Crippen LogP contribution in [0.1, 0.15) is 39.5 Å². The second-order valence-electron chi connectivity index (χ2n) is 9.84. The Balaban J connectivity index is 1.78. The molecule has 0 radical (unpaired) electrons. The number of hydrogen-bond donors (Lipinski definition) is 2. The van der Waals surface area contributed by atoms with Gasteiger partial charge in [-0.15, -0.1) is 0 Å². The Hall–Kier alpha value is -1.63. The number of hydrogen-bond acceptors (Lipinski definition) is 6. The van der Waals surface area contributed by atoms with E-state index in [4.69, 9.17) is 9.47 Å². The number of rotatable bonds is 3. The largest absolute Gasteiger partial charge is 0.493 e. The van der Waals surface area contributed by atoms with E-state index >= 15 is 0 Å². The highest BCUT2D eigenvalue weighted by Crippen LogP contribution is 2.69. The fourth-order valence-corrected chi connectivity index (χ4v) is 7.00. The van der Waals surface area contributed by atoms with Crippen LogP contribution >= 0.6 is 0 Å². The minimum absolute atomic E-state index is 0.162. The fraction of sp³-hybridized carbons (Fsp3) is 0.696. The number of methoxy groups -OCH3 is 1. The summed E-state index contributed by atoms with van der Waals surface area (Å²) >= 11 is 0. The van der Waals surface area contributed by atoms with E-state index in [1.807, 2.05) is 0 Å². The van der Waals surface area contributed by atoms with Gasteiger partial charge in [-0.1, -0.05) is 11.1 Å². The minimum Gasteiger partial charge on any atom is -0.493 e. The summed E-state index contributed by atoms with van der Waals surface area (Å²) in [5.74, 6) is 1.70. The van der Waals surface area contributed by atoms with Gasteiger partial charge in [-0.25, -0.2) is 0 Å². The maximum Gasteiger partial charge on any atom is 0.165 e. The Morgan fingerprint density at radius 1 is 1.41 bits per heavy atom. The lowest BCUT2D eigenvalue weighted by Crippen LogP contribution is -2.68. The summed E-state index contributed by atoms with van der Waals surface area (Å²) in [6.45, 7) is 4.76. The predicted molar refractivity (Wildman–Crippen MR) is 107 cm³/mol. The lowest BCUT2D eigenvalue weighted by atomic mass is 9.46. The summed E-state index contributed by atoms with van der Waals surface area (Å²) in [7, 11) is 3.83. The van der Waals surface area contributed by atoms with Crippen LogP contribution in [0.5, 0.6) is 0 Å². The highest BCUT2D eigenvalue weighted by molar-refractivity contribution is 5.65. The first-order chi connectivity index (χ1) is 13.8. The van der Waals surface area contributed by atoms with E-state index in [2.05, 4.69) is 25.8 Å². The third-order valence-electron chi connectivity index (χ3n) is 8.51. The van der Waals surface area contributed by atoms with Gasteiger partial charge in [0.15, 0.2) is 11.5 Å². The first-order valence-corrected chi connectivity index (χ1v) is 10.6. The van der Waals surface area contributed by atoms with Gasteiger partial charge in [-0.2, -0.15) is 0 Å². The lowest BCUT2D eigenvalue weighted by Gasteiger charge is -2.61. The number of ether oxygens (including phenoxy) is 2. The van der Waals surface area contributed by atoms with E-state index in [1.165, 1.54) is 16.7 Å². The Labute approximate surface area is 171 Å². The van der Waals surface area contributed by atoms with Gasteiger partial charge >= 0.3 is 0 Å². The molecule has 6 heteroatoms. The van der Waals surface area contributed by atoms with Crippen LogP contribution in [0.25, 0.3) is 0 Å². The zero-order valence-corrected chi connectivity index (χ0v) is 17.7. The first kappa shape index (κ1) is 19.3. The molecule has 1 saturated carbocycles. The molecule has 158 valence electrons. The summed E-state index contributed by atoms with van der Waals surface area (Å²) < 4.78 is 12.4. The van der Waals surface area contributed by atoms with E-state index in [0.717, 1.165) is 49.2 Å². The van der Waals surface area contributed by atoms with E-state index in [1.54, 1.807) is 7.11 Å². The number of piperidine rings is 1. The Morgan fingerprint density at radius 3 is 2.79 bits per heavy atom. The van der Waals surface area contributed by atoms with Crippen molar-refractivity contribution in [2.75, 3.05) is 27.3 Å². The zero-order chi connectivity index (χ0) is 20.7. The number of likely N-dealkylation sites (tertiary alicyclic amines) is 1. The number of aliphatic hydroxyl groups is 2. The molecule has 6 nitrogen and oxygen atoms in total. The smallest absolute Gasteiger partial charge is 0.165 e. The molecule has 5 aliphatic rings. The van der Waals surface area contributed by atoms with Crippen LogP contribution in [0.15, 0.2) is 33.8 Å². The van der Waals surface area contributed by atoms with Crippen molar-refractivity contribution in [3.63, 3.8) is 0 Å². The van der Waals surface area contributed by atoms with E-state index < -0.39 is 17.6 Å². The Bertz CT molecular complexity index is 868. The number of carbonyl (C=O) groups excluding carboxylic acids is 1. The maximum absolute atomic E-state index is 12.1. The highest BCUT2D eigenvalue weighted by Gasteiger charge is 2.71. The van der Waals surface area contributed by atoms with Gasteiger partial charge in [0, 0.05) is 22.6 Å². The molecule has 3 aliphatic carbocycles. The van der Waals surface area contributed by atoms with Gasteiger partial charge in [-0.05, 0) is 59.0 Å². The normalized spacial score (nSPS) is 43.2. The van der Waals surface area contributed by atoms with Crippen LogP contribution in [0.2, 0.25) is 0 Å². The summed E-state index contributed by atoms with van der Waals surface area (Å²) in [5, 5.41) is 21.5. The number of allylic oxidation sites excluding steroid dienone is 3. The summed E-state index contributed by atoms with van der Waals surface area (Å²) in [6.07, 6.45) is 2.36. The number of aldehydes is 1. The van der Waals surface area contributed by atoms with Gasteiger partial charge in [0.05, 0.1) is 19.1 Å². The van der Waals surface area contributed by atoms with Gasteiger partial charge in [-0.3, -0.25) is 0 Å². The molecule has 2 bridgehead atoms.